The smallest absolute Gasteiger partial charge is 0.160 e. The van der Waals surface area contributed by atoms with Crippen molar-refractivity contribution in [2.24, 2.45) is 0 Å². The summed E-state index contributed by atoms with van der Waals surface area (Å²) >= 11 is 0. The first-order chi connectivity index (χ1) is 28.7. The number of benzene rings is 8. The van der Waals surface area contributed by atoms with E-state index >= 15 is 0 Å². The summed E-state index contributed by atoms with van der Waals surface area (Å²) < 4.78 is 0. The second-order valence-electron chi connectivity index (χ2n) is 14.5. The van der Waals surface area contributed by atoms with Crippen LogP contribution in [-0.2, 0) is 0 Å². The molecule has 0 unspecified atom stereocenters. The first-order valence-electron chi connectivity index (χ1n) is 19.6. The molecule has 0 radical (unpaired) electrons. The zero-order valence-corrected chi connectivity index (χ0v) is 31.7. The third-order valence-corrected chi connectivity index (χ3v) is 10.7. The lowest BCUT2D eigenvalue weighted by atomic mass is 9.93. The molecule has 0 atom stereocenters. The fourth-order valence-electron chi connectivity index (χ4n) is 7.68. The number of hydrogen-bond donors (Lipinski definition) is 0. The average molecular weight is 740 g/mol. The van der Waals surface area contributed by atoms with Crippen LogP contribution in [0.3, 0.4) is 0 Å². The predicted molar refractivity (Wildman–Crippen MR) is 241 cm³/mol. The molecule has 272 valence electrons. The molecule has 0 saturated carbocycles. The molecule has 0 amide bonds. The van der Waals surface area contributed by atoms with E-state index in [1.807, 2.05) is 36.4 Å². The minimum Gasteiger partial charge on any atom is -0.248 e. The van der Waals surface area contributed by atoms with Crippen LogP contribution in [0.1, 0.15) is 0 Å². The molecule has 3 nitrogen and oxygen atoms in total. The highest BCUT2D eigenvalue weighted by molar-refractivity contribution is 5.99. The van der Waals surface area contributed by atoms with Crippen molar-refractivity contribution in [3.63, 3.8) is 0 Å². The van der Waals surface area contributed by atoms with Crippen LogP contribution in [-0.4, -0.2) is 15.0 Å². The van der Waals surface area contributed by atoms with Gasteiger partial charge in [-0.15, -0.1) is 0 Å². The van der Waals surface area contributed by atoms with Crippen molar-refractivity contribution in [2.45, 2.75) is 0 Å². The van der Waals surface area contributed by atoms with Gasteiger partial charge in [-0.2, -0.15) is 0 Å². The molecular weight excluding hydrogens is 703 g/mol. The number of fused-ring (bicyclic) bond motifs is 1. The Hall–Kier alpha value is -7.75. The zero-order valence-electron chi connectivity index (χ0n) is 31.7. The third-order valence-electron chi connectivity index (χ3n) is 10.7. The molecule has 10 aromatic rings. The van der Waals surface area contributed by atoms with Crippen LogP contribution in [0.5, 0.6) is 0 Å². The topological polar surface area (TPSA) is 38.7 Å². The maximum Gasteiger partial charge on any atom is 0.160 e. The highest BCUT2D eigenvalue weighted by Crippen LogP contribution is 2.38. The van der Waals surface area contributed by atoms with Gasteiger partial charge in [-0.1, -0.05) is 188 Å². The number of rotatable bonds is 8. The van der Waals surface area contributed by atoms with E-state index in [4.69, 9.17) is 15.0 Å². The molecule has 58 heavy (non-hydrogen) atoms. The molecule has 2 aromatic heterocycles. The highest BCUT2D eigenvalue weighted by Gasteiger charge is 2.15. The van der Waals surface area contributed by atoms with E-state index in [0.717, 1.165) is 78.1 Å². The normalized spacial score (nSPS) is 11.1. The molecule has 0 spiro atoms. The molecule has 0 aliphatic rings. The number of pyridine rings is 1. The van der Waals surface area contributed by atoms with Crippen LogP contribution >= 0.6 is 0 Å². The lowest BCUT2D eigenvalue weighted by Crippen LogP contribution is -1.96. The Balaban J connectivity index is 1.10. The van der Waals surface area contributed by atoms with Crippen molar-refractivity contribution in [3.8, 4) is 89.7 Å². The van der Waals surface area contributed by atoms with Gasteiger partial charge in [0.1, 0.15) is 0 Å². The molecule has 0 aliphatic heterocycles. The standard InChI is InChI=1S/C55H37N3/c1-5-15-38(16-6-1)44-23-13-25-46(33-44)47-31-32-51-50(35-47)49(36-52(56-51)48-26-14-24-45(34-48)39-17-7-2-8-18-39)40-27-29-42(30-28-40)54-37-53(41-19-9-3-10-20-41)57-55(58-54)43-21-11-4-12-22-43/h1-37H. The van der Waals surface area contributed by atoms with Gasteiger partial charge in [0.15, 0.2) is 5.82 Å². The van der Waals surface area contributed by atoms with Gasteiger partial charge in [-0.05, 0) is 80.9 Å². The monoisotopic (exact) mass is 739 g/mol. The van der Waals surface area contributed by atoms with Crippen molar-refractivity contribution < 1.29 is 0 Å². The molecular formula is C55H37N3. The lowest BCUT2D eigenvalue weighted by Gasteiger charge is -2.14. The summed E-state index contributed by atoms with van der Waals surface area (Å²) in [5, 5.41) is 1.10. The fraction of sp³-hybridized carbons (Fsp3) is 0. The molecule has 0 fully saturated rings. The summed E-state index contributed by atoms with van der Waals surface area (Å²) in [4.78, 5) is 15.4. The van der Waals surface area contributed by atoms with Crippen LogP contribution in [0.2, 0.25) is 0 Å². The molecule has 8 aromatic carbocycles. The quantitative estimate of drug-likeness (QED) is 0.156. The summed E-state index contributed by atoms with van der Waals surface area (Å²) in [6.45, 7) is 0. The van der Waals surface area contributed by atoms with Gasteiger partial charge < -0.3 is 0 Å². The van der Waals surface area contributed by atoms with Crippen molar-refractivity contribution in [1.29, 1.82) is 0 Å². The first-order valence-corrected chi connectivity index (χ1v) is 19.6. The van der Waals surface area contributed by atoms with Crippen LogP contribution < -0.4 is 0 Å². The van der Waals surface area contributed by atoms with E-state index in [1.165, 1.54) is 16.7 Å². The van der Waals surface area contributed by atoms with Crippen molar-refractivity contribution in [3.05, 3.63) is 224 Å². The lowest BCUT2D eigenvalue weighted by molar-refractivity contribution is 1.18. The maximum absolute atomic E-state index is 5.29. The van der Waals surface area contributed by atoms with Gasteiger partial charge >= 0.3 is 0 Å². The largest absolute Gasteiger partial charge is 0.248 e. The molecule has 2 heterocycles. The van der Waals surface area contributed by atoms with E-state index in [-0.39, 0.29) is 0 Å². The Morgan fingerprint density at radius 3 is 1.21 bits per heavy atom. The summed E-state index contributed by atoms with van der Waals surface area (Å²) in [7, 11) is 0. The molecule has 0 N–H and O–H groups in total. The van der Waals surface area contributed by atoms with Gasteiger partial charge in [0.05, 0.1) is 22.6 Å². The van der Waals surface area contributed by atoms with Crippen LogP contribution in [0.25, 0.3) is 101 Å². The van der Waals surface area contributed by atoms with E-state index in [9.17, 15) is 0 Å². The number of aromatic nitrogens is 3. The Bertz CT molecular complexity index is 2960. The second-order valence-corrected chi connectivity index (χ2v) is 14.5. The Morgan fingerprint density at radius 2 is 0.621 bits per heavy atom. The predicted octanol–water partition coefficient (Wildman–Crippen LogP) is 14.4. The Labute approximate surface area is 338 Å². The summed E-state index contributed by atoms with van der Waals surface area (Å²) in [6, 6.07) is 78.8. The van der Waals surface area contributed by atoms with E-state index in [0.29, 0.717) is 5.82 Å². The second kappa shape index (κ2) is 15.4. The van der Waals surface area contributed by atoms with Crippen LogP contribution in [0.15, 0.2) is 224 Å². The SMILES string of the molecule is c1ccc(-c2cccc(-c3ccc4nc(-c5cccc(-c6ccccc6)c5)cc(-c5ccc(-c6cc(-c7ccccc7)nc(-c7ccccc7)n6)cc5)c4c3)c2)cc1. The average Bonchev–Trinajstić information content (AvgIpc) is 3.32. The highest BCUT2D eigenvalue weighted by atomic mass is 14.9. The Morgan fingerprint density at radius 1 is 0.224 bits per heavy atom. The van der Waals surface area contributed by atoms with Gasteiger partial charge in [-0.25, -0.2) is 15.0 Å². The molecule has 10 rings (SSSR count). The fourth-order valence-corrected chi connectivity index (χ4v) is 7.68. The molecule has 0 saturated heterocycles. The molecule has 3 heteroatoms. The van der Waals surface area contributed by atoms with Gasteiger partial charge in [0.2, 0.25) is 0 Å². The zero-order chi connectivity index (χ0) is 38.7. The van der Waals surface area contributed by atoms with Crippen molar-refractivity contribution >= 4 is 10.9 Å². The van der Waals surface area contributed by atoms with Crippen molar-refractivity contribution in [2.75, 3.05) is 0 Å². The summed E-state index contributed by atoms with van der Waals surface area (Å²) in [5.74, 6) is 0.701. The van der Waals surface area contributed by atoms with Crippen molar-refractivity contribution in [1.82, 2.24) is 15.0 Å². The number of hydrogen-bond acceptors (Lipinski definition) is 3. The third kappa shape index (κ3) is 7.09. The number of nitrogens with zero attached hydrogens (tertiary/aromatic N) is 3. The summed E-state index contributed by atoms with van der Waals surface area (Å²) in [6.07, 6.45) is 0. The summed E-state index contributed by atoms with van der Waals surface area (Å²) in [5.41, 5.74) is 17.0. The van der Waals surface area contributed by atoms with Crippen LogP contribution in [0, 0.1) is 0 Å². The first kappa shape index (κ1) is 34.7. The van der Waals surface area contributed by atoms with Gasteiger partial charge in [-0.3, -0.25) is 0 Å². The maximum atomic E-state index is 5.29. The minimum atomic E-state index is 0.701. The minimum absolute atomic E-state index is 0.701. The van der Waals surface area contributed by atoms with E-state index < -0.39 is 0 Å². The molecule has 0 bridgehead atoms. The van der Waals surface area contributed by atoms with Crippen LogP contribution in [0.4, 0.5) is 0 Å². The van der Waals surface area contributed by atoms with Gasteiger partial charge in [0.25, 0.3) is 0 Å². The van der Waals surface area contributed by atoms with E-state index in [1.54, 1.807) is 0 Å². The Kier molecular flexibility index (Phi) is 9.23. The van der Waals surface area contributed by atoms with Gasteiger partial charge in [0, 0.05) is 27.6 Å². The molecule has 0 aliphatic carbocycles. The van der Waals surface area contributed by atoms with E-state index in [2.05, 4.69) is 188 Å².